The van der Waals surface area contributed by atoms with Crippen LogP contribution in [0.2, 0.25) is 0 Å². The fourth-order valence-electron chi connectivity index (χ4n) is 4.70. The Morgan fingerprint density at radius 3 is 2.58 bits per heavy atom. The molecule has 1 aliphatic rings. The van der Waals surface area contributed by atoms with Gasteiger partial charge < -0.3 is 9.47 Å². The zero-order chi connectivity index (χ0) is 25.7. The highest BCUT2D eigenvalue weighted by atomic mass is 16.5. The van der Waals surface area contributed by atoms with Crippen LogP contribution in [0, 0.1) is 0 Å². The molecular formula is C30H28N6O2. The average Bonchev–Trinajstić information content (AvgIpc) is 3.45. The second-order valence-electron chi connectivity index (χ2n) is 9.22. The average molecular weight is 505 g/mol. The number of fused-ring (bicyclic) bond motifs is 2. The van der Waals surface area contributed by atoms with E-state index in [1.165, 1.54) is 24.1 Å². The van der Waals surface area contributed by atoms with E-state index >= 15 is 0 Å². The monoisotopic (exact) mass is 504 g/mol. The third kappa shape index (κ3) is 5.06. The third-order valence-corrected chi connectivity index (χ3v) is 6.70. The number of rotatable bonds is 8. The highest BCUT2D eigenvalue weighted by molar-refractivity contribution is 5.94. The van der Waals surface area contributed by atoms with E-state index in [0.29, 0.717) is 6.61 Å². The number of hydrazone groups is 1. The maximum Gasteiger partial charge on any atom is 0.134 e. The first-order chi connectivity index (χ1) is 18.8. The van der Waals surface area contributed by atoms with Crippen molar-refractivity contribution in [1.29, 1.82) is 0 Å². The number of anilines is 1. The molecule has 38 heavy (non-hydrogen) atoms. The molecule has 6 rings (SSSR count). The van der Waals surface area contributed by atoms with E-state index in [4.69, 9.17) is 14.5 Å². The van der Waals surface area contributed by atoms with Gasteiger partial charge in [-0.15, -0.1) is 5.10 Å². The summed E-state index contributed by atoms with van der Waals surface area (Å²) in [5, 5.41) is 14.1. The molecule has 0 radical (unpaired) electrons. The maximum atomic E-state index is 5.91. The highest BCUT2D eigenvalue weighted by Gasteiger charge is 2.17. The molecule has 0 aliphatic heterocycles. The second kappa shape index (κ2) is 10.7. The van der Waals surface area contributed by atoms with E-state index in [-0.39, 0.29) is 0 Å². The molecule has 0 saturated carbocycles. The molecule has 2 aromatic heterocycles. The first-order valence-electron chi connectivity index (χ1n) is 12.7. The molecule has 1 aliphatic carbocycles. The van der Waals surface area contributed by atoms with E-state index in [1.54, 1.807) is 11.8 Å². The van der Waals surface area contributed by atoms with Crippen molar-refractivity contribution in [3.8, 4) is 17.2 Å². The van der Waals surface area contributed by atoms with Crippen molar-refractivity contribution in [2.24, 2.45) is 5.10 Å². The lowest BCUT2D eigenvalue weighted by atomic mass is 9.93. The van der Waals surface area contributed by atoms with Gasteiger partial charge in [-0.2, -0.15) is 5.10 Å². The second-order valence-corrected chi connectivity index (χ2v) is 9.22. The Hall–Kier alpha value is -4.72. The lowest BCUT2D eigenvalue weighted by molar-refractivity contribution is 0.301. The summed E-state index contributed by atoms with van der Waals surface area (Å²) in [5.41, 5.74) is 10.5. The standard InChI is InChI=1S/C30H28N6O2/c1-37-24-16-12-23(13-17-24)36-19-22(33-35-36)20-38-25-14-10-21(11-15-25)18-31-34-30-26-6-2-4-8-28(26)32-29-9-5-3-7-27(29)30/h2,4,6,8,10-19H,3,5,7,9,20H2,1H3,(H,32,34). The third-order valence-electron chi connectivity index (χ3n) is 6.70. The van der Waals surface area contributed by atoms with Gasteiger partial charge in [0.05, 0.1) is 36.4 Å². The van der Waals surface area contributed by atoms with E-state index < -0.39 is 0 Å². The molecule has 0 spiro atoms. The number of methoxy groups -OCH3 is 1. The predicted molar refractivity (Wildman–Crippen MR) is 148 cm³/mol. The molecular weight excluding hydrogens is 476 g/mol. The zero-order valence-corrected chi connectivity index (χ0v) is 21.2. The molecule has 1 N–H and O–H groups in total. The SMILES string of the molecule is COc1ccc(-n2cc(COc3ccc(C=NNc4c5c(nc6ccccc46)CCCC5)cc3)nn2)cc1. The number of hydrogen-bond donors (Lipinski definition) is 1. The normalized spacial score (nSPS) is 13.0. The number of benzene rings is 3. The van der Waals surface area contributed by atoms with E-state index in [1.807, 2.05) is 73.1 Å². The van der Waals surface area contributed by atoms with Gasteiger partial charge in [-0.3, -0.25) is 10.4 Å². The highest BCUT2D eigenvalue weighted by Crippen LogP contribution is 2.33. The minimum Gasteiger partial charge on any atom is -0.497 e. The molecule has 0 atom stereocenters. The molecule has 0 fully saturated rings. The number of nitrogens with zero attached hydrogens (tertiary/aromatic N) is 5. The first-order valence-corrected chi connectivity index (χ1v) is 12.7. The van der Waals surface area contributed by atoms with Crippen molar-refractivity contribution < 1.29 is 9.47 Å². The Labute approximate surface area is 220 Å². The number of aryl methyl sites for hydroxylation is 1. The summed E-state index contributed by atoms with van der Waals surface area (Å²) in [4.78, 5) is 4.89. The van der Waals surface area contributed by atoms with Crippen LogP contribution in [0.25, 0.3) is 16.6 Å². The van der Waals surface area contributed by atoms with Crippen LogP contribution < -0.4 is 14.9 Å². The number of hydrogen-bond acceptors (Lipinski definition) is 7. The van der Waals surface area contributed by atoms with Gasteiger partial charge in [0.1, 0.15) is 23.8 Å². The Balaban J connectivity index is 1.09. The summed E-state index contributed by atoms with van der Waals surface area (Å²) < 4.78 is 12.8. The molecule has 0 unspecified atom stereocenters. The quantitative estimate of drug-likeness (QED) is 0.215. The van der Waals surface area contributed by atoms with Crippen LogP contribution in [0.5, 0.6) is 11.5 Å². The lowest BCUT2D eigenvalue weighted by Crippen LogP contribution is -2.09. The topological polar surface area (TPSA) is 86.5 Å². The van der Waals surface area contributed by atoms with Crippen LogP contribution in [-0.2, 0) is 19.4 Å². The van der Waals surface area contributed by atoms with Crippen LogP contribution in [0.3, 0.4) is 0 Å². The summed E-state index contributed by atoms with van der Waals surface area (Å²) in [7, 11) is 1.65. The number of nitrogens with one attached hydrogen (secondary N) is 1. The fourth-order valence-corrected chi connectivity index (χ4v) is 4.70. The summed E-state index contributed by atoms with van der Waals surface area (Å²) in [5.74, 6) is 1.55. The van der Waals surface area contributed by atoms with Crippen molar-refractivity contribution in [3.05, 3.63) is 102 Å². The summed E-state index contributed by atoms with van der Waals surface area (Å²) in [6, 6.07) is 23.7. The van der Waals surface area contributed by atoms with Crippen molar-refractivity contribution in [2.45, 2.75) is 32.3 Å². The predicted octanol–water partition coefficient (Wildman–Crippen LogP) is 5.73. The number of para-hydroxylation sites is 1. The van der Waals surface area contributed by atoms with Crippen molar-refractivity contribution in [2.75, 3.05) is 12.5 Å². The van der Waals surface area contributed by atoms with Crippen molar-refractivity contribution >= 4 is 22.8 Å². The number of ether oxygens (including phenoxy) is 2. The lowest BCUT2D eigenvalue weighted by Gasteiger charge is -2.20. The fraction of sp³-hybridized carbons (Fsp3) is 0.200. The summed E-state index contributed by atoms with van der Waals surface area (Å²) >= 11 is 0. The Kier molecular flexibility index (Phi) is 6.68. The minimum absolute atomic E-state index is 0.325. The molecule has 3 aromatic carbocycles. The van der Waals surface area contributed by atoms with Crippen LogP contribution in [0.4, 0.5) is 5.69 Å². The van der Waals surface area contributed by atoms with Gasteiger partial charge in [0.25, 0.3) is 0 Å². The van der Waals surface area contributed by atoms with E-state index in [2.05, 4.69) is 33.0 Å². The zero-order valence-electron chi connectivity index (χ0n) is 21.2. The molecule has 5 aromatic rings. The molecule has 0 amide bonds. The van der Waals surface area contributed by atoms with Gasteiger partial charge in [-0.25, -0.2) is 4.68 Å². The molecule has 8 heteroatoms. The smallest absolute Gasteiger partial charge is 0.134 e. The molecule has 8 nitrogen and oxygen atoms in total. The van der Waals surface area contributed by atoms with Crippen LogP contribution in [-0.4, -0.2) is 33.3 Å². The number of pyridine rings is 1. The van der Waals surface area contributed by atoms with Crippen LogP contribution in [0.1, 0.15) is 35.4 Å². The van der Waals surface area contributed by atoms with Crippen LogP contribution >= 0.6 is 0 Å². The molecule has 190 valence electrons. The summed E-state index contributed by atoms with van der Waals surface area (Å²) in [6.45, 7) is 0.325. The van der Waals surface area contributed by atoms with Crippen molar-refractivity contribution in [1.82, 2.24) is 20.0 Å². The molecule has 0 saturated heterocycles. The van der Waals surface area contributed by atoms with E-state index in [9.17, 15) is 0 Å². The van der Waals surface area contributed by atoms with Gasteiger partial charge in [0.15, 0.2) is 0 Å². The molecule has 0 bridgehead atoms. The Bertz CT molecular complexity index is 1580. The summed E-state index contributed by atoms with van der Waals surface area (Å²) in [6.07, 6.45) is 8.12. The van der Waals surface area contributed by atoms with Gasteiger partial charge in [-0.05, 0) is 91.4 Å². The van der Waals surface area contributed by atoms with Crippen molar-refractivity contribution in [3.63, 3.8) is 0 Å². The van der Waals surface area contributed by atoms with Gasteiger partial charge >= 0.3 is 0 Å². The van der Waals surface area contributed by atoms with E-state index in [0.717, 1.165) is 57.9 Å². The number of aromatic nitrogens is 4. The minimum atomic E-state index is 0.325. The van der Waals surface area contributed by atoms with Gasteiger partial charge in [0.2, 0.25) is 0 Å². The van der Waals surface area contributed by atoms with Gasteiger partial charge in [-0.1, -0.05) is 23.4 Å². The van der Waals surface area contributed by atoms with Gasteiger partial charge in [0, 0.05) is 11.1 Å². The Morgan fingerprint density at radius 1 is 0.947 bits per heavy atom. The van der Waals surface area contributed by atoms with Crippen LogP contribution in [0.15, 0.2) is 84.1 Å². The molecule has 2 heterocycles. The maximum absolute atomic E-state index is 5.91. The largest absolute Gasteiger partial charge is 0.497 e. The first kappa shape index (κ1) is 23.7. The Morgan fingerprint density at radius 2 is 1.74 bits per heavy atom.